The molecule has 2 N–H and O–H groups in total. The minimum atomic E-state index is -0.227. The Bertz CT molecular complexity index is 852. The summed E-state index contributed by atoms with van der Waals surface area (Å²) in [7, 11) is 0. The Morgan fingerprint density at radius 1 is 1.15 bits per heavy atom. The average molecular weight is 353 g/mol. The maximum atomic E-state index is 12.1. The molecule has 2 heterocycles. The number of benzene rings is 1. The summed E-state index contributed by atoms with van der Waals surface area (Å²) in [5, 5.41) is 18.3. The average Bonchev–Trinajstić information content (AvgIpc) is 3.24. The van der Waals surface area contributed by atoms with Gasteiger partial charge in [0.05, 0.1) is 23.8 Å². The zero-order valence-electron chi connectivity index (χ0n) is 15.2. The van der Waals surface area contributed by atoms with E-state index in [-0.39, 0.29) is 11.9 Å². The highest BCUT2D eigenvalue weighted by Crippen LogP contribution is 2.11. The van der Waals surface area contributed by atoms with E-state index in [9.17, 15) is 4.79 Å². The van der Waals surface area contributed by atoms with Crippen LogP contribution in [0.25, 0.3) is 5.69 Å². The Morgan fingerprint density at radius 2 is 1.85 bits per heavy atom. The van der Waals surface area contributed by atoms with Gasteiger partial charge in [-0.1, -0.05) is 6.92 Å². The summed E-state index contributed by atoms with van der Waals surface area (Å²) in [5.74, 6) is 0.270. The first-order valence-electron chi connectivity index (χ1n) is 8.54. The quantitative estimate of drug-likeness (QED) is 0.713. The lowest BCUT2D eigenvalue weighted by atomic mass is 10.2. The van der Waals surface area contributed by atoms with Crippen molar-refractivity contribution in [3.05, 3.63) is 54.1 Å². The van der Waals surface area contributed by atoms with E-state index in [4.69, 9.17) is 0 Å². The largest absolute Gasteiger partial charge is 0.338 e. The lowest BCUT2D eigenvalue weighted by Gasteiger charge is -2.14. The number of hydrogen-bond acceptors (Lipinski definition) is 4. The van der Waals surface area contributed by atoms with Gasteiger partial charge in [0.1, 0.15) is 0 Å². The Morgan fingerprint density at radius 3 is 2.46 bits per heavy atom. The van der Waals surface area contributed by atoms with Crippen molar-refractivity contribution in [2.75, 3.05) is 11.9 Å². The second-order valence-corrected chi connectivity index (χ2v) is 6.41. The molecule has 0 radical (unpaired) electrons. The number of hydrogen-bond donors (Lipinski definition) is 2. The maximum Gasteiger partial charge on any atom is 0.319 e. The van der Waals surface area contributed by atoms with Crippen LogP contribution in [0.1, 0.15) is 18.3 Å². The van der Waals surface area contributed by atoms with Gasteiger partial charge in [-0.05, 0) is 50.1 Å². The van der Waals surface area contributed by atoms with E-state index in [1.54, 1.807) is 12.4 Å². The highest BCUT2D eigenvalue weighted by atomic mass is 16.2. The third-order valence-electron chi connectivity index (χ3n) is 3.97. The van der Waals surface area contributed by atoms with Gasteiger partial charge < -0.3 is 10.6 Å². The summed E-state index contributed by atoms with van der Waals surface area (Å²) < 4.78 is 1.97. The number of urea groups is 1. The van der Waals surface area contributed by atoms with Gasteiger partial charge in [-0.2, -0.15) is 20.1 Å². The van der Waals surface area contributed by atoms with Crippen molar-refractivity contribution in [2.24, 2.45) is 5.92 Å². The van der Waals surface area contributed by atoms with Crippen LogP contribution in [0.15, 0.2) is 42.7 Å². The van der Waals surface area contributed by atoms with Crippen molar-refractivity contribution in [2.45, 2.75) is 27.3 Å². The number of nitrogens with one attached hydrogen (secondary N) is 2. The first kappa shape index (κ1) is 17.7. The zero-order chi connectivity index (χ0) is 18.5. The second-order valence-electron chi connectivity index (χ2n) is 6.41. The van der Waals surface area contributed by atoms with E-state index in [2.05, 4.69) is 38.9 Å². The molecule has 0 spiro atoms. The molecular formula is C18H23N7O. The molecule has 8 heteroatoms. The summed E-state index contributed by atoms with van der Waals surface area (Å²) in [5.41, 5.74) is 3.68. The maximum absolute atomic E-state index is 12.1. The molecule has 3 aromatic rings. The number of rotatable bonds is 6. The van der Waals surface area contributed by atoms with Crippen LogP contribution < -0.4 is 10.6 Å². The molecule has 1 unspecified atom stereocenters. The van der Waals surface area contributed by atoms with Gasteiger partial charge in [0, 0.05) is 24.5 Å². The normalized spacial score (nSPS) is 12.0. The zero-order valence-corrected chi connectivity index (χ0v) is 15.2. The number of carbonyl (C=O) groups is 1. The van der Waals surface area contributed by atoms with E-state index in [0.717, 1.165) is 23.6 Å². The number of carbonyl (C=O) groups excluding carboxylic acids is 1. The SMILES string of the molecule is Cc1cc(C)n(CC(C)CNC(=O)Nc2ccc(-n3nccn3)cc2)n1. The Kier molecular flexibility index (Phi) is 5.31. The molecule has 136 valence electrons. The van der Waals surface area contributed by atoms with Gasteiger partial charge in [-0.25, -0.2) is 4.79 Å². The molecule has 0 aliphatic rings. The van der Waals surface area contributed by atoms with Gasteiger partial charge >= 0.3 is 6.03 Å². The molecule has 1 atom stereocenters. The van der Waals surface area contributed by atoms with Crippen LogP contribution in [-0.4, -0.2) is 37.4 Å². The fourth-order valence-corrected chi connectivity index (χ4v) is 2.69. The molecule has 3 rings (SSSR count). The topological polar surface area (TPSA) is 89.7 Å². The standard InChI is InChI=1S/C18H23N7O/c1-13(12-24-15(3)10-14(2)23-24)11-19-18(26)22-16-4-6-17(7-5-16)25-20-8-9-21-25/h4-10,13H,11-12H2,1-3H3,(H2,19,22,26). The molecule has 2 amide bonds. The first-order valence-corrected chi connectivity index (χ1v) is 8.54. The third kappa shape index (κ3) is 4.47. The summed E-state index contributed by atoms with van der Waals surface area (Å²) in [6.07, 6.45) is 3.24. The number of anilines is 1. The van der Waals surface area contributed by atoms with Gasteiger partial charge in [-0.3, -0.25) is 4.68 Å². The molecule has 0 aliphatic heterocycles. The van der Waals surface area contributed by atoms with Gasteiger partial charge in [0.25, 0.3) is 0 Å². The van der Waals surface area contributed by atoms with Crippen molar-refractivity contribution >= 4 is 11.7 Å². The van der Waals surface area contributed by atoms with Crippen LogP contribution in [0, 0.1) is 19.8 Å². The van der Waals surface area contributed by atoms with Gasteiger partial charge in [0.15, 0.2) is 0 Å². The molecule has 0 fully saturated rings. The first-order chi connectivity index (χ1) is 12.5. The summed E-state index contributed by atoms with van der Waals surface area (Å²) >= 11 is 0. The molecule has 0 saturated heterocycles. The molecule has 2 aromatic heterocycles. The van der Waals surface area contributed by atoms with Crippen LogP contribution in [0.3, 0.4) is 0 Å². The molecular weight excluding hydrogens is 330 g/mol. The lowest BCUT2D eigenvalue weighted by molar-refractivity contribution is 0.249. The van der Waals surface area contributed by atoms with Crippen molar-refractivity contribution < 1.29 is 4.79 Å². The van der Waals surface area contributed by atoms with Crippen molar-refractivity contribution in [1.29, 1.82) is 0 Å². The van der Waals surface area contributed by atoms with E-state index >= 15 is 0 Å². The van der Waals surface area contributed by atoms with Gasteiger partial charge in [0.2, 0.25) is 0 Å². The molecule has 0 bridgehead atoms. The summed E-state index contributed by atoms with van der Waals surface area (Å²) in [6.45, 7) is 7.44. The Labute approximate surface area is 152 Å². The van der Waals surface area contributed by atoms with Crippen LogP contribution >= 0.6 is 0 Å². The van der Waals surface area contributed by atoms with Crippen molar-refractivity contribution in [3.8, 4) is 5.69 Å². The van der Waals surface area contributed by atoms with Crippen LogP contribution in [0.2, 0.25) is 0 Å². The van der Waals surface area contributed by atoms with E-state index < -0.39 is 0 Å². The molecule has 26 heavy (non-hydrogen) atoms. The number of aryl methyl sites for hydroxylation is 2. The predicted molar refractivity (Wildman–Crippen MR) is 99.2 cm³/mol. The number of amides is 2. The second kappa shape index (κ2) is 7.81. The number of aromatic nitrogens is 5. The van der Waals surface area contributed by atoms with Crippen molar-refractivity contribution in [3.63, 3.8) is 0 Å². The van der Waals surface area contributed by atoms with Gasteiger partial charge in [-0.15, -0.1) is 0 Å². The molecule has 1 aromatic carbocycles. The van der Waals surface area contributed by atoms with Crippen LogP contribution in [0.4, 0.5) is 10.5 Å². The highest BCUT2D eigenvalue weighted by Gasteiger charge is 2.09. The monoisotopic (exact) mass is 353 g/mol. The Hall–Kier alpha value is -3.16. The summed E-state index contributed by atoms with van der Waals surface area (Å²) in [6, 6.07) is 9.15. The minimum Gasteiger partial charge on any atom is -0.338 e. The lowest BCUT2D eigenvalue weighted by Crippen LogP contribution is -2.33. The smallest absolute Gasteiger partial charge is 0.319 e. The van der Waals surface area contributed by atoms with Crippen LogP contribution in [0.5, 0.6) is 0 Å². The predicted octanol–water partition coefficient (Wildman–Crippen LogP) is 2.54. The van der Waals surface area contributed by atoms with E-state index in [1.807, 2.05) is 42.8 Å². The van der Waals surface area contributed by atoms with Crippen molar-refractivity contribution in [1.82, 2.24) is 30.1 Å². The molecule has 0 aliphatic carbocycles. The fourth-order valence-electron chi connectivity index (χ4n) is 2.69. The third-order valence-corrected chi connectivity index (χ3v) is 3.97. The fraction of sp³-hybridized carbons (Fsp3) is 0.333. The Balaban J connectivity index is 1.47. The van der Waals surface area contributed by atoms with E-state index in [1.165, 1.54) is 4.80 Å². The molecule has 8 nitrogen and oxygen atoms in total. The van der Waals surface area contributed by atoms with E-state index in [0.29, 0.717) is 12.2 Å². The molecule has 0 saturated carbocycles. The number of nitrogens with zero attached hydrogens (tertiary/aromatic N) is 5. The summed E-state index contributed by atoms with van der Waals surface area (Å²) in [4.78, 5) is 13.6. The van der Waals surface area contributed by atoms with Crippen LogP contribution in [-0.2, 0) is 6.54 Å². The minimum absolute atomic E-state index is 0.227. The highest BCUT2D eigenvalue weighted by molar-refractivity contribution is 5.89.